The molecule has 0 saturated heterocycles. The predicted octanol–water partition coefficient (Wildman–Crippen LogP) is 4.24. The Hall–Kier alpha value is -2.41. The minimum Gasteiger partial charge on any atom is -0.480 e. The maximum Gasteiger partial charge on any atom is 0.329 e. The van der Waals surface area contributed by atoms with E-state index in [2.05, 4.69) is 5.32 Å². The maximum absolute atomic E-state index is 13.1. The van der Waals surface area contributed by atoms with E-state index < -0.39 is 23.0 Å². The van der Waals surface area contributed by atoms with Crippen LogP contribution in [-0.2, 0) is 30.5 Å². The van der Waals surface area contributed by atoms with E-state index in [0.717, 1.165) is 24.8 Å². The van der Waals surface area contributed by atoms with Crippen LogP contribution >= 0.6 is 0 Å². The Morgan fingerprint density at radius 1 is 1.09 bits per heavy atom. The van der Waals surface area contributed by atoms with Crippen LogP contribution < -0.4 is 5.32 Å². The molecule has 1 amide bonds. The summed E-state index contributed by atoms with van der Waals surface area (Å²) in [4.78, 5) is 37.1. The first-order valence-corrected chi connectivity index (χ1v) is 11.5. The number of benzene rings is 1. The summed E-state index contributed by atoms with van der Waals surface area (Å²) in [5.41, 5.74) is -0.713. The van der Waals surface area contributed by atoms with Gasteiger partial charge in [-0.05, 0) is 52.0 Å². The van der Waals surface area contributed by atoms with Crippen molar-refractivity contribution < 1.29 is 29.0 Å². The van der Waals surface area contributed by atoms with Gasteiger partial charge >= 0.3 is 11.9 Å². The standard InChI is InChI=1S/C25H37NO6/c1-24(2,3)32-18-20(22(28)26-25(23(29)30)15-8-5-9-16-25)13-10-14-21(27)31-17-19-11-6-4-7-12-19/h4,6-7,11-12,20H,5,8-10,13-18H2,1-3H3,(H,26,28)(H,29,30)/t20-/m1/s1. The lowest BCUT2D eigenvalue weighted by Crippen LogP contribution is -2.57. The van der Waals surface area contributed by atoms with Crippen molar-refractivity contribution in [3.8, 4) is 0 Å². The molecule has 7 nitrogen and oxygen atoms in total. The van der Waals surface area contributed by atoms with Crippen LogP contribution in [0.3, 0.4) is 0 Å². The number of carbonyl (C=O) groups excluding carboxylic acids is 2. The molecular weight excluding hydrogens is 410 g/mol. The molecule has 178 valence electrons. The molecule has 2 N–H and O–H groups in total. The molecule has 0 aromatic heterocycles. The second-order valence-corrected chi connectivity index (χ2v) is 9.60. The van der Waals surface area contributed by atoms with Crippen molar-refractivity contribution in [3.63, 3.8) is 0 Å². The van der Waals surface area contributed by atoms with Gasteiger partial charge in [0.05, 0.1) is 18.1 Å². The van der Waals surface area contributed by atoms with Gasteiger partial charge in [-0.15, -0.1) is 0 Å². The summed E-state index contributed by atoms with van der Waals surface area (Å²) >= 11 is 0. The van der Waals surface area contributed by atoms with Crippen LogP contribution in [0.2, 0.25) is 0 Å². The van der Waals surface area contributed by atoms with Crippen molar-refractivity contribution >= 4 is 17.8 Å². The molecule has 0 bridgehead atoms. The fourth-order valence-electron chi connectivity index (χ4n) is 3.83. The molecule has 7 heteroatoms. The van der Waals surface area contributed by atoms with E-state index in [1.54, 1.807) is 0 Å². The maximum atomic E-state index is 13.1. The van der Waals surface area contributed by atoms with Crippen molar-refractivity contribution in [2.45, 2.75) is 89.9 Å². The summed E-state index contributed by atoms with van der Waals surface area (Å²) in [6.07, 6.45) is 4.48. The number of hydrogen-bond acceptors (Lipinski definition) is 5. The summed E-state index contributed by atoms with van der Waals surface area (Å²) < 4.78 is 11.1. The number of ether oxygens (including phenoxy) is 2. The van der Waals surface area contributed by atoms with Gasteiger partial charge in [0.2, 0.25) is 5.91 Å². The molecular formula is C25H37NO6. The van der Waals surface area contributed by atoms with Gasteiger partial charge in [-0.1, -0.05) is 49.6 Å². The number of rotatable bonds is 11. The van der Waals surface area contributed by atoms with Crippen LogP contribution in [0, 0.1) is 5.92 Å². The van der Waals surface area contributed by atoms with Gasteiger partial charge < -0.3 is 19.9 Å². The number of amides is 1. The molecule has 0 unspecified atom stereocenters. The van der Waals surface area contributed by atoms with Crippen molar-refractivity contribution in [1.29, 1.82) is 0 Å². The number of esters is 1. The van der Waals surface area contributed by atoms with Crippen molar-refractivity contribution in [2.75, 3.05) is 6.61 Å². The average molecular weight is 448 g/mol. The van der Waals surface area contributed by atoms with Crippen LogP contribution in [0.4, 0.5) is 0 Å². The minimum atomic E-state index is -1.20. The van der Waals surface area contributed by atoms with Crippen LogP contribution in [0.1, 0.15) is 77.7 Å². The number of aliphatic carboxylic acids is 1. The van der Waals surface area contributed by atoms with E-state index in [1.807, 2.05) is 51.1 Å². The minimum absolute atomic E-state index is 0.171. The molecule has 1 saturated carbocycles. The molecule has 1 aliphatic carbocycles. The first-order valence-electron chi connectivity index (χ1n) is 11.5. The van der Waals surface area contributed by atoms with Gasteiger partial charge in [-0.3, -0.25) is 9.59 Å². The second-order valence-electron chi connectivity index (χ2n) is 9.60. The summed E-state index contributed by atoms with van der Waals surface area (Å²) in [7, 11) is 0. The molecule has 1 atom stereocenters. The van der Waals surface area contributed by atoms with Gasteiger partial charge in [-0.25, -0.2) is 4.79 Å². The van der Waals surface area contributed by atoms with Gasteiger partial charge in [0.1, 0.15) is 12.1 Å². The number of carboxylic acids is 1. The zero-order valence-corrected chi connectivity index (χ0v) is 19.5. The molecule has 2 rings (SSSR count). The van der Waals surface area contributed by atoms with E-state index >= 15 is 0 Å². The number of carboxylic acid groups (broad SMARTS) is 1. The van der Waals surface area contributed by atoms with Crippen molar-refractivity contribution in [2.24, 2.45) is 5.92 Å². The molecule has 1 fully saturated rings. The van der Waals surface area contributed by atoms with Crippen molar-refractivity contribution in [1.82, 2.24) is 5.32 Å². The third kappa shape index (κ3) is 8.61. The Balaban J connectivity index is 1.91. The molecule has 0 radical (unpaired) electrons. The first-order chi connectivity index (χ1) is 15.1. The van der Waals surface area contributed by atoms with Gasteiger partial charge in [0.15, 0.2) is 0 Å². The van der Waals surface area contributed by atoms with E-state index in [-0.39, 0.29) is 31.5 Å². The molecule has 0 aliphatic heterocycles. The Kier molecular flexibility index (Phi) is 9.69. The van der Waals surface area contributed by atoms with E-state index in [0.29, 0.717) is 25.7 Å². The first kappa shape index (κ1) is 25.8. The molecule has 0 spiro atoms. The second kappa shape index (κ2) is 12.0. The van der Waals surface area contributed by atoms with Crippen LogP contribution in [0.15, 0.2) is 30.3 Å². The van der Waals surface area contributed by atoms with E-state index in [4.69, 9.17) is 9.47 Å². The highest BCUT2D eigenvalue weighted by Gasteiger charge is 2.42. The quantitative estimate of drug-likeness (QED) is 0.492. The number of hydrogen-bond donors (Lipinski definition) is 2. The summed E-state index contributed by atoms with van der Waals surface area (Å²) in [6.45, 7) is 6.11. The van der Waals surface area contributed by atoms with Gasteiger partial charge in [0.25, 0.3) is 0 Å². The lowest BCUT2D eigenvalue weighted by Gasteiger charge is -2.35. The summed E-state index contributed by atoms with van der Waals surface area (Å²) in [5, 5.41) is 12.6. The molecule has 1 aliphatic rings. The summed E-state index contributed by atoms with van der Waals surface area (Å²) in [6, 6.07) is 9.45. The fourth-order valence-corrected chi connectivity index (χ4v) is 3.83. The highest BCUT2D eigenvalue weighted by Crippen LogP contribution is 2.29. The van der Waals surface area contributed by atoms with Crippen LogP contribution in [0.5, 0.6) is 0 Å². The molecule has 32 heavy (non-hydrogen) atoms. The third-order valence-corrected chi connectivity index (χ3v) is 5.74. The Labute approximate surface area is 190 Å². The van der Waals surface area contributed by atoms with E-state index in [1.165, 1.54) is 0 Å². The van der Waals surface area contributed by atoms with Gasteiger partial charge in [-0.2, -0.15) is 0 Å². The van der Waals surface area contributed by atoms with E-state index in [9.17, 15) is 19.5 Å². The SMILES string of the molecule is CC(C)(C)OC[C@@H](CCCC(=O)OCc1ccccc1)C(=O)NC1(C(=O)O)CCCCC1. The zero-order chi connectivity index (χ0) is 23.6. The highest BCUT2D eigenvalue weighted by molar-refractivity contribution is 5.88. The fraction of sp³-hybridized carbons (Fsp3) is 0.640. The highest BCUT2D eigenvalue weighted by atomic mass is 16.5. The molecule has 1 aromatic carbocycles. The Morgan fingerprint density at radius 3 is 2.34 bits per heavy atom. The zero-order valence-electron chi connectivity index (χ0n) is 19.5. The number of carbonyl (C=O) groups is 3. The predicted molar refractivity (Wildman–Crippen MR) is 121 cm³/mol. The lowest BCUT2D eigenvalue weighted by atomic mass is 9.81. The third-order valence-electron chi connectivity index (χ3n) is 5.74. The normalized spacial score (nSPS) is 16.7. The topological polar surface area (TPSA) is 102 Å². The average Bonchev–Trinajstić information content (AvgIpc) is 2.75. The summed E-state index contributed by atoms with van der Waals surface area (Å²) in [5.74, 6) is -2.16. The molecule has 1 aromatic rings. The van der Waals surface area contributed by atoms with Gasteiger partial charge in [0, 0.05) is 6.42 Å². The lowest BCUT2D eigenvalue weighted by molar-refractivity contribution is -0.151. The molecule has 0 heterocycles. The monoisotopic (exact) mass is 447 g/mol. The van der Waals surface area contributed by atoms with Crippen LogP contribution in [-0.4, -0.2) is 40.7 Å². The van der Waals surface area contributed by atoms with Crippen LogP contribution in [0.25, 0.3) is 0 Å². The number of nitrogens with one attached hydrogen (secondary N) is 1. The smallest absolute Gasteiger partial charge is 0.329 e. The Morgan fingerprint density at radius 2 is 1.75 bits per heavy atom. The Bertz CT molecular complexity index is 749. The van der Waals surface area contributed by atoms with Crippen molar-refractivity contribution in [3.05, 3.63) is 35.9 Å². The largest absolute Gasteiger partial charge is 0.480 e.